The predicted octanol–water partition coefficient (Wildman–Crippen LogP) is 8.76. The Morgan fingerprint density at radius 3 is 1.81 bits per heavy atom. The molecule has 3 aliphatic rings. The van der Waals surface area contributed by atoms with Crippen LogP contribution in [-0.2, 0) is 4.74 Å². The maximum absolute atomic E-state index is 14.3. The van der Waals surface area contributed by atoms with Crippen LogP contribution in [0.4, 0.5) is 4.79 Å². The fraction of sp³-hybridized carbons (Fsp3) is 0.263. The van der Waals surface area contributed by atoms with Gasteiger partial charge in [0.25, 0.3) is 0 Å². The molecule has 0 saturated carbocycles. The molecule has 1 amide bonds. The van der Waals surface area contributed by atoms with Gasteiger partial charge in [-0.1, -0.05) is 97.1 Å². The van der Waals surface area contributed by atoms with Crippen molar-refractivity contribution in [1.29, 1.82) is 0 Å². The number of fused-ring (bicyclic) bond motifs is 7. The molecule has 0 N–H and O–H groups in total. The lowest BCUT2D eigenvalue weighted by Crippen LogP contribution is -2.55. The van der Waals surface area contributed by atoms with E-state index in [0.29, 0.717) is 19.4 Å². The van der Waals surface area contributed by atoms with E-state index in [0.717, 1.165) is 46.4 Å². The Bertz CT molecular complexity index is 1750. The zero-order valence-corrected chi connectivity index (χ0v) is 23.5. The van der Waals surface area contributed by atoms with E-state index in [4.69, 9.17) is 4.74 Å². The van der Waals surface area contributed by atoms with Crippen molar-refractivity contribution in [2.45, 2.75) is 50.1 Å². The lowest BCUT2D eigenvalue weighted by molar-refractivity contribution is 0.00657. The van der Waals surface area contributed by atoms with E-state index in [2.05, 4.69) is 78.9 Å². The van der Waals surface area contributed by atoms with Gasteiger partial charge in [-0.2, -0.15) is 0 Å². The molecule has 2 bridgehead atoms. The number of piperidine rings is 2. The molecule has 2 atom stereocenters. The van der Waals surface area contributed by atoms with E-state index < -0.39 is 0 Å². The SMILES string of the molecule is O=C(c1c2ccccc2cc2ccccc12)C1CC2CCCC(C1)N2C(=O)OCC1c2ccccc2-c2ccccc21. The quantitative estimate of drug-likeness (QED) is 0.166. The van der Waals surface area contributed by atoms with E-state index in [1.165, 1.54) is 22.3 Å². The van der Waals surface area contributed by atoms with Crippen LogP contribution in [0.3, 0.4) is 0 Å². The molecule has 2 saturated heterocycles. The molecule has 42 heavy (non-hydrogen) atoms. The Morgan fingerprint density at radius 1 is 0.690 bits per heavy atom. The Labute approximate surface area is 245 Å². The van der Waals surface area contributed by atoms with Crippen molar-refractivity contribution in [3.8, 4) is 11.1 Å². The van der Waals surface area contributed by atoms with Gasteiger partial charge < -0.3 is 9.64 Å². The predicted molar refractivity (Wildman–Crippen MR) is 167 cm³/mol. The molecule has 0 radical (unpaired) electrons. The second-order valence-corrected chi connectivity index (χ2v) is 12.2. The first-order valence-corrected chi connectivity index (χ1v) is 15.3. The summed E-state index contributed by atoms with van der Waals surface area (Å²) >= 11 is 0. The summed E-state index contributed by atoms with van der Waals surface area (Å²) in [6.45, 7) is 0.327. The molecule has 2 heterocycles. The molecule has 2 fully saturated rings. The summed E-state index contributed by atoms with van der Waals surface area (Å²) in [6.07, 6.45) is 4.07. The van der Waals surface area contributed by atoms with Crippen molar-refractivity contribution >= 4 is 33.4 Å². The average Bonchev–Trinajstić information content (AvgIpc) is 3.35. The van der Waals surface area contributed by atoms with Gasteiger partial charge in [-0.05, 0) is 82.0 Å². The maximum Gasteiger partial charge on any atom is 0.410 e. The first kappa shape index (κ1) is 25.3. The van der Waals surface area contributed by atoms with Gasteiger partial charge >= 0.3 is 6.09 Å². The molecule has 5 aromatic carbocycles. The Kier molecular flexibility index (Phi) is 6.10. The molecule has 0 spiro atoms. The van der Waals surface area contributed by atoms with Crippen LogP contribution in [0.25, 0.3) is 32.7 Å². The van der Waals surface area contributed by atoms with Crippen molar-refractivity contribution in [2.24, 2.45) is 5.92 Å². The molecule has 208 valence electrons. The minimum atomic E-state index is -0.229. The highest BCUT2D eigenvalue weighted by atomic mass is 16.6. The molecular formula is C38H33NO3. The molecule has 2 unspecified atom stereocenters. The summed E-state index contributed by atoms with van der Waals surface area (Å²) in [6, 6.07) is 35.5. The average molecular weight is 552 g/mol. The molecule has 5 aromatic rings. The third-order valence-corrected chi connectivity index (χ3v) is 9.91. The van der Waals surface area contributed by atoms with Gasteiger partial charge in [0.1, 0.15) is 6.61 Å². The molecule has 0 aromatic heterocycles. The number of benzene rings is 5. The van der Waals surface area contributed by atoms with Crippen LogP contribution in [0, 0.1) is 5.92 Å². The van der Waals surface area contributed by atoms with E-state index in [9.17, 15) is 9.59 Å². The summed E-state index contributed by atoms with van der Waals surface area (Å²) in [5, 5.41) is 4.22. The summed E-state index contributed by atoms with van der Waals surface area (Å²) in [5.41, 5.74) is 5.73. The summed E-state index contributed by atoms with van der Waals surface area (Å²) in [4.78, 5) is 30.0. The fourth-order valence-electron chi connectivity index (χ4n) is 8.05. The van der Waals surface area contributed by atoms with Crippen molar-refractivity contribution in [3.63, 3.8) is 0 Å². The highest BCUT2D eigenvalue weighted by molar-refractivity contribution is 6.19. The van der Waals surface area contributed by atoms with Gasteiger partial charge in [-0.25, -0.2) is 4.79 Å². The van der Waals surface area contributed by atoms with Crippen molar-refractivity contribution < 1.29 is 14.3 Å². The summed E-state index contributed by atoms with van der Waals surface area (Å²) in [5.74, 6) is 0.152. The Balaban J connectivity index is 1.04. The molecular weight excluding hydrogens is 518 g/mol. The number of nitrogens with zero attached hydrogens (tertiary/aromatic N) is 1. The number of Topliss-reactive ketones (excluding diaryl/α,β-unsaturated/α-hetero) is 1. The Hall–Kier alpha value is -4.44. The second-order valence-electron chi connectivity index (χ2n) is 12.2. The Morgan fingerprint density at radius 2 is 1.21 bits per heavy atom. The first-order chi connectivity index (χ1) is 20.7. The van der Waals surface area contributed by atoms with E-state index in [-0.39, 0.29) is 35.8 Å². The highest BCUT2D eigenvalue weighted by Gasteiger charge is 2.44. The minimum absolute atomic E-state index is 0.0309. The van der Waals surface area contributed by atoms with Gasteiger partial charge in [0.05, 0.1) is 0 Å². The number of rotatable bonds is 4. The van der Waals surface area contributed by atoms with Crippen molar-refractivity contribution in [2.75, 3.05) is 6.61 Å². The normalized spacial score (nSPS) is 21.2. The van der Waals surface area contributed by atoms with E-state index >= 15 is 0 Å². The standard InChI is InChI=1S/C38H33NO3/c40-37(36-29-14-3-1-10-24(29)20-25-11-2-4-15-30(25)36)26-21-27-12-9-13-28(22-26)39(27)38(41)42-23-35-33-18-7-5-16-31(33)32-17-6-8-19-34(32)35/h1-8,10-11,14-20,26-28,35H,9,12-13,21-23H2. The highest BCUT2D eigenvalue weighted by Crippen LogP contribution is 2.45. The number of carbonyl (C=O) groups excluding carboxylic acids is 2. The third-order valence-electron chi connectivity index (χ3n) is 9.91. The number of ether oxygens (including phenoxy) is 1. The van der Waals surface area contributed by atoms with E-state index in [1.54, 1.807) is 0 Å². The molecule has 4 heteroatoms. The zero-order chi connectivity index (χ0) is 28.2. The topological polar surface area (TPSA) is 46.6 Å². The molecule has 8 rings (SSSR count). The second kappa shape index (κ2) is 10.1. The molecule has 1 aliphatic carbocycles. The van der Waals surface area contributed by atoms with Crippen LogP contribution >= 0.6 is 0 Å². The monoisotopic (exact) mass is 551 g/mol. The number of hydrogen-bond donors (Lipinski definition) is 0. The van der Waals surface area contributed by atoms with Crippen molar-refractivity contribution in [3.05, 3.63) is 120 Å². The van der Waals surface area contributed by atoms with Crippen LogP contribution in [0.2, 0.25) is 0 Å². The lowest BCUT2D eigenvalue weighted by Gasteiger charge is -2.47. The zero-order valence-electron chi connectivity index (χ0n) is 23.5. The van der Waals surface area contributed by atoms with Crippen LogP contribution in [-0.4, -0.2) is 35.5 Å². The molecule has 4 nitrogen and oxygen atoms in total. The van der Waals surface area contributed by atoms with Crippen LogP contribution < -0.4 is 0 Å². The van der Waals surface area contributed by atoms with Gasteiger partial charge in [0.2, 0.25) is 0 Å². The van der Waals surface area contributed by atoms with Crippen LogP contribution in [0.5, 0.6) is 0 Å². The summed E-state index contributed by atoms with van der Waals surface area (Å²) in [7, 11) is 0. The van der Waals surface area contributed by atoms with Gasteiger partial charge in [-0.3, -0.25) is 4.79 Å². The third kappa shape index (κ3) is 4.04. The summed E-state index contributed by atoms with van der Waals surface area (Å²) < 4.78 is 6.11. The van der Waals surface area contributed by atoms with Gasteiger partial charge in [0, 0.05) is 29.5 Å². The maximum atomic E-state index is 14.3. The van der Waals surface area contributed by atoms with Gasteiger partial charge in [0.15, 0.2) is 5.78 Å². The molecule has 2 aliphatic heterocycles. The minimum Gasteiger partial charge on any atom is -0.448 e. The van der Waals surface area contributed by atoms with Crippen LogP contribution in [0.1, 0.15) is 59.5 Å². The fourth-order valence-corrected chi connectivity index (χ4v) is 8.05. The number of amides is 1. The largest absolute Gasteiger partial charge is 0.448 e. The number of carbonyl (C=O) groups is 2. The number of ketones is 1. The van der Waals surface area contributed by atoms with Crippen LogP contribution in [0.15, 0.2) is 103 Å². The van der Waals surface area contributed by atoms with Gasteiger partial charge in [-0.15, -0.1) is 0 Å². The van der Waals surface area contributed by atoms with E-state index in [1.807, 2.05) is 29.2 Å². The first-order valence-electron chi connectivity index (χ1n) is 15.3. The smallest absolute Gasteiger partial charge is 0.410 e. The van der Waals surface area contributed by atoms with Crippen molar-refractivity contribution in [1.82, 2.24) is 4.90 Å². The number of hydrogen-bond acceptors (Lipinski definition) is 3. The lowest BCUT2D eigenvalue weighted by atomic mass is 9.75.